The number of nitrogens with zero attached hydrogens (tertiary/aromatic N) is 3. The number of fused-ring (bicyclic) bond motifs is 1. The highest BCUT2D eigenvalue weighted by molar-refractivity contribution is 6.42. The van der Waals surface area contributed by atoms with Crippen molar-refractivity contribution >= 4 is 57.2 Å². The average Bonchev–Trinajstić information content (AvgIpc) is 2.87. The summed E-state index contributed by atoms with van der Waals surface area (Å²) in [6, 6.07) is 16.0. The molecule has 0 saturated carbocycles. The maximum atomic E-state index is 12.4. The number of aromatic nitrogens is 2. The first-order chi connectivity index (χ1) is 17.8. The third-order valence-corrected chi connectivity index (χ3v) is 5.94. The minimum Gasteiger partial charge on any atom is -0.494 e. The van der Waals surface area contributed by atoms with Crippen molar-refractivity contribution in [2.45, 2.75) is 0 Å². The van der Waals surface area contributed by atoms with E-state index >= 15 is 0 Å². The SMILES string of the molecule is COc1cc2ncnc(Nc3ccc(Oc4ccc(Cl)c(Cl)c4)cc3)c2cc1NC(=O)C=CCN(C)C. The molecule has 2 N–H and O–H groups in total. The summed E-state index contributed by atoms with van der Waals surface area (Å²) in [5.41, 5.74) is 1.96. The molecule has 0 aliphatic carbocycles. The molecule has 1 amide bonds. The standard InChI is InChI=1S/C27H25Cl2N5O3/c1-34(2)12-4-5-26(35)33-24-14-20-23(15-25(24)36-3)30-16-31-27(20)32-17-6-8-18(9-7-17)37-19-10-11-21(28)22(29)13-19/h4-11,13-16H,12H2,1-3H3,(H,33,35)(H,30,31,32). The van der Waals surface area contributed by atoms with E-state index in [1.54, 1.807) is 43.5 Å². The van der Waals surface area contributed by atoms with Gasteiger partial charge in [-0.1, -0.05) is 29.3 Å². The number of hydrogen-bond acceptors (Lipinski definition) is 7. The summed E-state index contributed by atoms with van der Waals surface area (Å²) >= 11 is 12.0. The minimum atomic E-state index is -0.261. The number of halogens is 2. The lowest BCUT2D eigenvalue weighted by molar-refractivity contribution is -0.111. The highest BCUT2D eigenvalue weighted by atomic mass is 35.5. The van der Waals surface area contributed by atoms with Crippen molar-refractivity contribution in [3.05, 3.63) is 83.1 Å². The van der Waals surface area contributed by atoms with Crippen LogP contribution >= 0.6 is 23.2 Å². The average molecular weight is 538 g/mol. The highest BCUT2D eigenvalue weighted by Crippen LogP contribution is 2.34. The summed E-state index contributed by atoms with van der Waals surface area (Å²) in [5, 5.41) is 7.77. The van der Waals surface area contributed by atoms with Gasteiger partial charge in [0.05, 0.1) is 28.4 Å². The Morgan fingerprint density at radius 1 is 1.00 bits per heavy atom. The van der Waals surface area contributed by atoms with Crippen molar-refractivity contribution in [2.75, 3.05) is 38.4 Å². The molecule has 190 valence electrons. The van der Waals surface area contributed by atoms with Gasteiger partial charge < -0.3 is 25.0 Å². The van der Waals surface area contributed by atoms with Gasteiger partial charge in [0.2, 0.25) is 5.91 Å². The number of methoxy groups -OCH3 is 1. The number of hydrogen-bond donors (Lipinski definition) is 2. The Balaban J connectivity index is 1.54. The predicted molar refractivity (Wildman–Crippen MR) is 149 cm³/mol. The number of anilines is 3. The van der Waals surface area contributed by atoms with Gasteiger partial charge in [-0.25, -0.2) is 9.97 Å². The highest BCUT2D eigenvalue weighted by Gasteiger charge is 2.12. The molecule has 0 aliphatic rings. The molecular weight excluding hydrogens is 513 g/mol. The largest absolute Gasteiger partial charge is 0.494 e. The molecule has 37 heavy (non-hydrogen) atoms. The predicted octanol–water partition coefficient (Wildman–Crippen LogP) is 6.54. The molecule has 0 aliphatic heterocycles. The van der Waals surface area contributed by atoms with Crippen molar-refractivity contribution in [1.29, 1.82) is 0 Å². The molecule has 0 atom stereocenters. The fraction of sp³-hybridized carbons (Fsp3) is 0.148. The zero-order valence-corrected chi connectivity index (χ0v) is 22.0. The lowest BCUT2D eigenvalue weighted by Crippen LogP contribution is -2.13. The fourth-order valence-electron chi connectivity index (χ4n) is 3.41. The maximum Gasteiger partial charge on any atom is 0.248 e. The van der Waals surface area contributed by atoms with Gasteiger partial charge in [0, 0.05) is 35.8 Å². The molecular formula is C27H25Cl2N5O3. The van der Waals surface area contributed by atoms with Gasteiger partial charge in [0.1, 0.15) is 29.4 Å². The Bertz CT molecular complexity index is 1440. The second kappa shape index (κ2) is 11.9. The molecule has 10 heteroatoms. The van der Waals surface area contributed by atoms with E-state index in [0.717, 1.165) is 5.69 Å². The summed E-state index contributed by atoms with van der Waals surface area (Å²) in [7, 11) is 5.40. The van der Waals surface area contributed by atoms with E-state index in [9.17, 15) is 4.79 Å². The topological polar surface area (TPSA) is 88.6 Å². The van der Waals surface area contributed by atoms with Crippen LogP contribution in [0.3, 0.4) is 0 Å². The summed E-state index contributed by atoms with van der Waals surface area (Å²) in [5.74, 6) is 2.02. The van der Waals surface area contributed by atoms with Gasteiger partial charge in [-0.05, 0) is 56.6 Å². The number of benzene rings is 3. The number of amides is 1. The first-order valence-electron chi connectivity index (χ1n) is 11.3. The van der Waals surface area contributed by atoms with Crippen molar-refractivity contribution in [3.8, 4) is 17.2 Å². The number of ether oxygens (including phenoxy) is 2. The molecule has 4 aromatic rings. The van der Waals surface area contributed by atoms with Crippen LogP contribution in [0, 0.1) is 0 Å². The molecule has 0 bridgehead atoms. The molecule has 1 heterocycles. The Morgan fingerprint density at radius 3 is 2.46 bits per heavy atom. The van der Waals surface area contributed by atoms with Crippen molar-refractivity contribution in [2.24, 2.45) is 0 Å². The van der Waals surface area contributed by atoms with Gasteiger partial charge in [0.15, 0.2) is 0 Å². The lowest BCUT2D eigenvalue weighted by Gasteiger charge is -2.13. The first-order valence-corrected chi connectivity index (χ1v) is 12.0. The summed E-state index contributed by atoms with van der Waals surface area (Å²) in [6.07, 6.45) is 4.74. The zero-order valence-electron chi connectivity index (χ0n) is 20.5. The number of likely N-dealkylation sites (N-methyl/N-ethyl adjacent to an activating group) is 1. The van der Waals surface area contributed by atoms with Crippen molar-refractivity contribution in [1.82, 2.24) is 14.9 Å². The Hall–Kier alpha value is -3.85. The summed E-state index contributed by atoms with van der Waals surface area (Å²) < 4.78 is 11.3. The van der Waals surface area contributed by atoms with Gasteiger partial charge in [-0.3, -0.25) is 4.79 Å². The molecule has 0 spiro atoms. The van der Waals surface area contributed by atoms with Gasteiger partial charge in [-0.2, -0.15) is 0 Å². The number of nitrogens with one attached hydrogen (secondary N) is 2. The number of rotatable bonds is 9. The summed E-state index contributed by atoms with van der Waals surface area (Å²) in [6.45, 7) is 0.654. The van der Waals surface area contributed by atoms with E-state index in [1.165, 1.54) is 12.4 Å². The van der Waals surface area contributed by atoms with Crippen molar-refractivity contribution < 1.29 is 14.3 Å². The van der Waals surface area contributed by atoms with Gasteiger partial charge >= 0.3 is 0 Å². The third-order valence-electron chi connectivity index (χ3n) is 5.20. The van der Waals surface area contributed by atoms with Crippen LogP contribution in [0.15, 0.2) is 73.1 Å². The molecule has 0 radical (unpaired) electrons. The molecule has 0 unspecified atom stereocenters. The van der Waals surface area contributed by atoms with Crippen LogP contribution in [-0.2, 0) is 4.79 Å². The van der Waals surface area contributed by atoms with E-state index in [-0.39, 0.29) is 5.91 Å². The van der Waals surface area contributed by atoms with Crippen LogP contribution in [0.25, 0.3) is 10.9 Å². The molecule has 8 nitrogen and oxygen atoms in total. The fourth-order valence-corrected chi connectivity index (χ4v) is 3.70. The number of carbonyl (C=O) groups is 1. The number of carbonyl (C=O) groups excluding carboxylic acids is 1. The smallest absolute Gasteiger partial charge is 0.248 e. The van der Waals surface area contributed by atoms with Crippen LogP contribution in [0.5, 0.6) is 17.2 Å². The van der Waals surface area contributed by atoms with E-state index in [0.29, 0.717) is 56.2 Å². The molecule has 0 fully saturated rings. The third kappa shape index (κ3) is 6.89. The van der Waals surface area contributed by atoms with Crippen LogP contribution in [0.2, 0.25) is 10.0 Å². The Labute approximate surface area is 224 Å². The molecule has 4 rings (SSSR count). The van der Waals surface area contributed by atoms with Gasteiger partial charge in [-0.15, -0.1) is 0 Å². The first kappa shape index (κ1) is 26.2. The van der Waals surface area contributed by atoms with Crippen LogP contribution < -0.4 is 20.1 Å². The quantitative estimate of drug-likeness (QED) is 0.234. The molecule has 1 aromatic heterocycles. The lowest BCUT2D eigenvalue weighted by atomic mass is 10.1. The maximum absolute atomic E-state index is 12.4. The normalized spacial score (nSPS) is 11.2. The zero-order chi connectivity index (χ0) is 26.4. The van der Waals surface area contributed by atoms with E-state index in [1.807, 2.05) is 43.3 Å². The molecule has 3 aromatic carbocycles. The second-order valence-electron chi connectivity index (χ2n) is 8.27. The van der Waals surface area contributed by atoms with E-state index < -0.39 is 0 Å². The van der Waals surface area contributed by atoms with E-state index in [4.69, 9.17) is 32.7 Å². The van der Waals surface area contributed by atoms with E-state index in [2.05, 4.69) is 20.6 Å². The summed E-state index contributed by atoms with van der Waals surface area (Å²) in [4.78, 5) is 23.1. The minimum absolute atomic E-state index is 0.261. The monoisotopic (exact) mass is 537 g/mol. The Kier molecular flexibility index (Phi) is 8.45. The van der Waals surface area contributed by atoms with Crippen LogP contribution in [0.4, 0.5) is 17.2 Å². The Morgan fingerprint density at radius 2 is 1.76 bits per heavy atom. The van der Waals surface area contributed by atoms with Crippen LogP contribution in [-0.4, -0.2) is 48.5 Å². The van der Waals surface area contributed by atoms with Gasteiger partial charge in [0.25, 0.3) is 0 Å². The van der Waals surface area contributed by atoms with Crippen LogP contribution in [0.1, 0.15) is 0 Å². The van der Waals surface area contributed by atoms with Crippen molar-refractivity contribution in [3.63, 3.8) is 0 Å². The second-order valence-corrected chi connectivity index (χ2v) is 9.09. The molecule has 0 saturated heterocycles.